The summed E-state index contributed by atoms with van der Waals surface area (Å²) in [6.07, 6.45) is 3.75. The van der Waals surface area contributed by atoms with Gasteiger partial charge in [0.2, 0.25) is 0 Å². The van der Waals surface area contributed by atoms with Crippen LogP contribution in [0.2, 0.25) is 0 Å². The van der Waals surface area contributed by atoms with Gasteiger partial charge in [-0.1, -0.05) is 0 Å². The van der Waals surface area contributed by atoms with E-state index in [4.69, 9.17) is 0 Å². The maximum atomic E-state index is 3.36. The fourth-order valence-electron chi connectivity index (χ4n) is 1.55. The van der Waals surface area contributed by atoms with E-state index in [0.29, 0.717) is 6.04 Å². The van der Waals surface area contributed by atoms with E-state index >= 15 is 0 Å². The summed E-state index contributed by atoms with van der Waals surface area (Å²) in [6, 6.07) is 0.602. The molecule has 0 spiro atoms. The zero-order valence-electron chi connectivity index (χ0n) is 7.89. The number of hydrogen-bond acceptors (Lipinski definition) is 2. The molecule has 0 radical (unpaired) electrons. The number of hydrogen-bond donors (Lipinski definition) is 1. The summed E-state index contributed by atoms with van der Waals surface area (Å²) in [7, 11) is 2.04. The summed E-state index contributed by atoms with van der Waals surface area (Å²) in [4.78, 5) is 0. The van der Waals surface area contributed by atoms with E-state index in [-0.39, 0.29) is 0 Å². The van der Waals surface area contributed by atoms with Crippen LogP contribution < -0.4 is 5.32 Å². The molecule has 1 aliphatic rings. The molecule has 0 aromatic carbocycles. The average molecular weight is 183 g/mol. The molecule has 2 unspecified atom stereocenters. The molecule has 0 amide bonds. The van der Waals surface area contributed by atoms with Crippen LogP contribution >= 0.6 is 11.8 Å². The lowest BCUT2D eigenvalue weighted by Gasteiger charge is -2.19. The summed E-state index contributed by atoms with van der Waals surface area (Å²) < 4.78 is 0. The Morgan fingerprint density at radius 3 is 3.00 bits per heavy atom. The Kier molecular flexibility index (Phi) is 4.57. The summed E-state index contributed by atoms with van der Waals surface area (Å²) in [5.41, 5.74) is 0. The van der Waals surface area contributed by atoms with Crippen molar-refractivity contribution in [3.63, 3.8) is 0 Å². The van der Waals surface area contributed by atoms with Crippen LogP contribution in [0.4, 0.5) is 0 Å². The van der Waals surface area contributed by atoms with Crippen molar-refractivity contribution in [1.82, 2.24) is 5.32 Å². The molecule has 2 heteroatoms. The van der Waals surface area contributed by atoms with Gasteiger partial charge in [-0.25, -0.2) is 0 Å². The topological polar surface area (TPSA) is 12.0 Å². The van der Waals surface area contributed by atoms with Crippen LogP contribution in [-0.2, 0) is 0 Å². The molecule has 1 aliphatic heterocycles. The normalized spacial score (nSPS) is 24.7. The van der Waals surface area contributed by atoms with Crippen molar-refractivity contribution >= 4 is 11.8 Å². The fourth-order valence-corrected chi connectivity index (χ4v) is 2.99. The first kappa shape index (κ1) is 9.95. The minimum Gasteiger partial charge on any atom is -0.315 e. The third-order valence-corrected chi connectivity index (χ3v) is 3.80. The molecule has 0 aliphatic carbocycles. The minimum absolute atomic E-state index is 0.602. The molecule has 1 nitrogen and oxygen atoms in total. The smallest absolute Gasteiger partial charge is 0.0292 e. The number of nitrogens with one attached hydrogen (secondary N) is 1. The molecular formula is C10H17NS. The van der Waals surface area contributed by atoms with Crippen molar-refractivity contribution < 1.29 is 0 Å². The lowest BCUT2D eigenvalue weighted by Crippen LogP contribution is -2.33. The molecular weight excluding hydrogens is 166 g/mol. The first-order chi connectivity index (χ1) is 5.88. The Morgan fingerprint density at radius 2 is 2.50 bits per heavy atom. The van der Waals surface area contributed by atoms with Crippen molar-refractivity contribution in [3.8, 4) is 11.8 Å². The Hall–Kier alpha value is -0.130. The zero-order chi connectivity index (χ0) is 8.81. The summed E-state index contributed by atoms with van der Waals surface area (Å²) in [5.74, 6) is 7.44. The van der Waals surface area contributed by atoms with Gasteiger partial charge < -0.3 is 5.32 Å². The predicted octanol–water partition coefficient (Wildman–Crippen LogP) is 1.88. The van der Waals surface area contributed by atoms with Crippen LogP contribution in [0.5, 0.6) is 0 Å². The van der Waals surface area contributed by atoms with Gasteiger partial charge in [-0.15, -0.1) is 11.8 Å². The molecule has 1 rings (SSSR count). The van der Waals surface area contributed by atoms with Crippen molar-refractivity contribution in [3.05, 3.63) is 0 Å². The molecule has 2 atom stereocenters. The summed E-state index contributed by atoms with van der Waals surface area (Å²) >= 11 is 2.10. The van der Waals surface area contributed by atoms with E-state index in [1.54, 1.807) is 0 Å². The van der Waals surface area contributed by atoms with Crippen molar-refractivity contribution in [1.29, 1.82) is 0 Å². The van der Waals surface area contributed by atoms with E-state index in [2.05, 4.69) is 28.9 Å². The Bertz CT molecular complexity index is 174. The van der Waals surface area contributed by atoms with Crippen LogP contribution in [-0.4, -0.2) is 24.1 Å². The van der Waals surface area contributed by atoms with E-state index in [1.807, 2.05) is 14.0 Å². The molecule has 0 aromatic rings. The first-order valence-corrected chi connectivity index (χ1v) is 5.62. The SMILES string of the molecule is CC#CCC(NC)C1CCCS1. The second kappa shape index (κ2) is 5.50. The van der Waals surface area contributed by atoms with Gasteiger partial charge in [0.05, 0.1) is 0 Å². The van der Waals surface area contributed by atoms with Crippen LogP contribution in [0.25, 0.3) is 0 Å². The van der Waals surface area contributed by atoms with Crippen molar-refractivity contribution in [2.45, 2.75) is 37.5 Å². The first-order valence-electron chi connectivity index (χ1n) is 4.57. The van der Waals surface area contributed by atoms with Gasteiger partial charge in [0.25, 0.3) is 0 Å². The molecule has 0 bridgehead atoms. The highest BCUT2D eigenvalue weighted by Gasteiger charge is 2.23. The fraction of sp³-hybridized carbons (Fsp3) is 0.800. The lowest BCUT2D eigenvalue weighted by atomic mass is 10.1. The minimum atomic E-state index is 0.602. The highest BCUT2D eigenvalue weighted by atomic mass is 32.2. The molecule has 1 fully saturated rings. The summed E-state index contributed by atoms with van der Waals surface area (Å²) in [6.45, 7) is 1.91. The van der Waals surface area contributed by atoms with Gasteiger partial charge in [-0.3, -0.25) is 0 Å². The van der Waals surface area contributed by atoms with Gasteiger partial charge >= 0.3 is 0 Å². The summed E-state index contributed by atoms with van der Waals surface area (Å²) in [5, 5.41) is 4.16. The van der Waals surface area contributed by atoms with Crippen molar-refractivity contribution in [2.75, 3.05) is 12.8 Å². The molecule has 1 N–H and O–H groups in total. The third-order valence-electron chi connectivity index (χ3n) is 2.28. The Balaban J connectivity index is 2.35. The number of rotatable bonds is 3. The zero-order valence-corrected chi connectivity index (χ0v) is 8.71. The van der Waals surface area contributed by atoms with Crippen LogP contribution in [0.3, 0.4) is 0 Å². The molecule has 1 heterocycles. The maximum absolute atomic E-state index is 3.36. The van der Waals surface area contributed by atoms with Crippen LogP contribution in [0, 0.1) is 11.8 Å². The second-order valence-corrected chi connectivity index (χ2v) is 4.42. The molecule has 0 aromatic heterocycles. The standard InChI is InChI=1S/C10H17NS/c1-3-4-6-9(11-2)10-7-5-8-12-10/h9-11H,5-8H2,1-2H3. The predicted molar refractivity (Wildman–Crippen MR) is 56.4 cm³/mol. The van der Waals surface area contributed by atoms with Crippen LogP contribution in [0.1, 0.15) is 26.2 Å². The Morgan fingerprint density at radius 1 is 1.67 bits per heavy atom. The Labute approximate surface area is 79.7 Å². The lowest BCUT2D eigenvalue weighted by molar-refractivity contribution is 0.537. The van der Waals surface area contributed by atoms with E-state index < -0.39 is 0 Å². The molecule has 68 valence electrons. The highest BCUT2D eigenvalue weighted by molar-refractivity contribution is 8.00. The highest BCUT2D eigenvalue weighted by Crippen LogP contribution is 2.29. The van der Waals surface area contributed by atoms with E-state index in [9.17, 15) is 0 Å². The second-order valence-electron chi connectivity index (χ2n) is 3.08. The monoisotopic (exact) mass is 183 g/mol. The largest absolute Gasteiger partial charge is 0.315 e. The molecule has 12 heavy (non-hydrogen) atoms. The van der Waals surface area contributed by atoms with Gasteiger partial charge in [0.1, 0.15) is 0 Å². The average Bonchev–Trinajstić information content (AvgIpc) is 2.59. The molecule has 0 saturated carbocycles. The van der Waals surface area contributed by atoms with E-state index in [1.165, 1.54) is 18.6 Å². The quantitative estimate of drug-likeness (QED) is 0.671. The molecule has 1 saturated heterocycles. The maximum Gasteiger partial charge on any atom is 0.0292 e. The number of thioether (sulfide) groups is 1. The van der Waals surface area contributed by atoms with Gasteiger partial charge in [-0.05, 0) is 32.6 Å². The van der Waals surface area contributed by atoms with Gasteiger partial charge in [0.15, 0.2) is 0 Å². The van der Waals surface area contributed by atoms with Crippen molar-refractivity contribution in [2.24, 2.45) is 0 Å². The van der Waals surface area contributed by atoms with Gasteiger partial charge in [-0.2, -0.15) is 11.8 Å². The van der Waals surface area contributed by atoms with E-state index in [0.717, 1.165) is 11.7 Å². The van der Waals surface area contributed by atoms with Gasteiger partial charge in [0, 0.05) is 17.7 Å². The van der Waals surface area contributed by atoms with Crippen LogP contribution in [0.15, 0.2) is 0 Å². The third kappa shape index (κ3) is 2.73.